The summed E-state index contributed by atoms with van der Waals surface area (Å²) in [6.45, 7) is 8.26. The van der Waals surface area contributed by atoms with Gasteiger partial charge in [-0.25, -0.2) is 0 Å². The average molecular weight is 352 g/mol. The van der Waals surface area contributed by atoms with E-state index in [2.05, 4.69) is 28.4 Å². The van der Waals surface area contributed by atoms with Crippen molar-refractivity contribution in [3.8, 4) is 5.75 Å². The van der Waals surface area contributed by atoms with Crippen LogP contribution in [0.3, 0.4) is 0 Å². The topological polar surface area (TPSA) is 41.6 Å². The van der Waals surface area contributed by atoms with Crippen LogP contribution in [0.2, 0.25) is 0 Å². The minimum absolute atomic E-state index is 0.111. The Hall–Kier alpha value is -2.49. The number of anilines is 2. The van der Waals surface area contributed by atoms with Crippen molar-refractivity contribution in [1.82, 2.24) is 0 Å². The second-order valence-corrected chi connectivity index (χ2v) is 7.07. The number of carbonyl (C=O) groups excluding carboxylic acids is 1. The average Bonchev–Trinajstić information content (AvgIpc) is 3.14. The maximum atomic E-state index is 12.6. The molecular weight excluding hydrogens is 324 g/mol. The third-order valence-corrected chi connectivity index (χ3v) is 4.74. The van der Waals surface area contributed by atoms with Crippen molar-refractivity contribution in [1.29, 1.82) is 0 Å². The first-order chi connectivity index (χ1) is 12.5. The third kappa shape index (κ3) is 4.57. The highest BCUT2D eigenvalue weighted by Gasteiger charge is 2.19. The number of rotatable bonds is 6. The van der Waals surface area contributed by atoms with Crippen LogP contribution in [0.4, 0.5) is 11.4 Å². The Bertz CT molecular complexity index is 729. The molecule has 1 aliphatic heterocycles. The molecule has 1 N–H and O–H groups in total. The number of hydrogen-bond donors (Lipinski definition) is 1. The van der Waals surface area contributed by atoms with Gasteiger partial charge in [0.2, 0.25) is 0 Å². The standard InChI is InChI=1S/C22H28N2O2/c1-4-21(26-20-14-16(2)13-17(3)15-20)22(25)23-18-7-9-19(10-8-18)24-11-5-6-12-24/h7-10,13-15,21H,4-6,11-12H2,1-3H3,(H,23,25)/t21-/m0/s1. The van der Waals surface area contributed by atoms with Crippen molar-refractivity contribution in [2.45, 2.75) is 46.1 Å². The Morgan fingerprint density at radius 2 is 1.69 bits per heavy atom. The molecule has 1 amide bonds. The van der Waals surface area contributed by atoms with Crippen molar-refractivity contribution in [2.24, 2.45) is 0 Å². The molecule has 138 valence electrons. The summed E-state index contributed by atoms with van der Waals surface area (Å²) in [5, 5.41) is 2.98. The van der Waals surface area contributed by atoms with Gasteiger partial charge in [-0.2, -0.15) is 0 Å². The first-order valence-corrected chi connectivity index (χ1v) is 9.46. The molecule has 0 aliphatic carbocycles. The van der Waals surface area contributed by atoms with Gasteiger partial charge in [0.1, 0.15) is 5.75 Å². The second kappa shape index (κ2) is 8.26. The van der Waals surface area contributed by atoms with Crippen LogP contribution in [0.15, 0.2) is 42.5 Å². The molecule has 1 aliphatic rings. The summed E-state index contributed by atoms with van der Waals surface area (Å²) < 4.78 is 5.94. The fourth-order valence-electron chi connectivity index (χ4n) is 3.44. The van der Waals surface area contributed by atoms with Gasteiger partial charge in [-0.1, -0.05) is 13.0 Å². The molecule has 4 nitrogen and oxygen atoms in total. The van der Waals surface area contributed by atoms with Gasteiger partial charge in [0.25, 0.3) is 5.91 Å². The Morgan fingerprint density at radius 3 is 2.27 bits per heavy atom. The van der Waals surface area contributed by atoms with Gasteiger partial charge in [-0.05, 0) is 80.6 Å². The second-order valence-electron chi connectivity index (χ2n) is 7.07. The summed E-state index contributed by atoms with van der Waals surface area (Å²) in [6.07, 6.45) is 2.62. The zero-order chi connectivity index (χ0) is 18.5. The third-order valence-electron chi connectivity index (χ3n) is 4.74. The lowest BCUT2D eigenvalue weighted by atomic mass is 10.1. The van der Waals surface area contributed by atoms with Crippen molar-refractivity contribution >= 4 is 17.3 Å². The number of benzene rings is 2. The molecule has 0 radical (unpaired) electrons. The van der Waals surface area contributed by atoms with E-state index in [1.165, 1.54) is 18.5 Å². The molecule has 0 spiro atoms. The van der Waals surface area contributed by atoms with E-state index in [0.717, 1.165) is 35.7 Å². The molecule has 1 heterocycles. The van der Waals surface area contributed by atoms with E-state index in [9.17, 15) is 4.79 Å². The number of hydrogen-bond acceptors (Lipinski definition) is 3. The molecule has 1 saturated heterocycles. The van der Waals surface area contributed by atoms with Gasteiger partial charge in [0, 0.05) is 24.5 Å². The van der Waals surface area contributed by atoms with E-state index in [1.54, 1.807) is 0 Å². The van der Waals surface area contributed by atoms with Gasteiger partial charge >= 0.3 is 0 Å². The zero-order valence-electron chi connectivity index (χ0n) is 15.9. The smallest absolute Gasteiger partial charge is 0.265 e. The lowest BCUT2D eigenvalue weighted by Crippen LogP contribution is -2.32. The number of nitrogens with zero attached hydrogens (tertiary/aromatic N) is 1. The summed E-state index contributed by atoms with van der Waals surface area (Å²) in [5.74, 6) is 0.634. The van der Waals surface area contributed by atoms with E-state index in [-0.39, 0.29) is 5.91 Å². The molecule has 0 aromatic heterocycles. The Kier molecular flexibility index (Phi) is 5.82. The van der Waals surface area contributed by atoms with E-state index in [0.29, 0.717) is 6.42 Å². The summed E-state index contributed by atoms with van der Waals surface area (Å²) in [6, 6.07) is 14.1. The summed E-state index contributed by atoms with van der Waals surface area (Å²) in [4.78, 5) is 15.0. The fraction of sp³-hybridized carbons (Fsp3) is 0.409. The van der Waals surface area contributed by atoms with Gasteiger partial charge in [0.05, 0.1) is 0 Å². The van der Waals surface area contributed by atoms with E-state index < -0.39 is 6.10 Å². The Morgan fingerprint density at radius 1 is 1.08 bits per heavy atom. The fourth-order valence-corrected chi connectivity index (χ4v) is 3.44. The van der Waals surface area contributed by atoms with Crippen LogP contribution >= 0.6 is 0 Å². The normalized spacial score (nSPS) is 15.0. The highest BCUT2D eigenvalue weighted by molar-refractivity contribution is 5.94. The molecule has 0 unspecified atom stereocenters. The van der Waals surface area contributed by atoms with Crippen LogP contribution in [0.1, 0.15) is 37.3 Å². The van der Waals surface area contributed by atoms with Crippen LogP contribution in [0, 0.1) is 13.8 Å². The first-order valence-electron chi connectivity index (χ1n) is 9.46. The Balaban J connectivity index is 1.63. The molecule has 3 rings (SSSR count). The van der Waals surface area contributed by atoms with Crippen molar-refractivity contribution in [3.05, 3.63) is 53.6 Å². The molecule has 4 heteroatoms. The largest absolute Gasteiger partial charge is 0.481 e. The quantitative estimate of drug-likeness (QED) is 0.819. The highest BCUT2D eigenvalue weighted by atomic mass is 16.5. The molecule has 2 aromatic carbocycles. The van der Waals surface area contributed by atoms with Crippen LogP contribution in [0.5, 0.6) is 5.75 Å². The molecule has 0 bridgehead atoms. The van der Waals surface area contributed by atoms with Crippen LogP contribution in [0.25, 0.3) is 0 Å². The monoisotopic (exact) mass is 352 g/mol. The van der Waals surface area contributed by atoms with Gasteiger partial charge in [0.15, 0.2) is 6.10 Å². The number of ether oxygens (including phenoxy) is 1. The molecule has 2 aromatic rings. The van der Waals surface area contributed by atoms with E-state index in [4.69, 9.17) is 4.74 Å². The van der Waals surface area contributed by atoms with Crippen LogP contribution < -0.4 is 15.0 Å². The maximum absolute atomic E-state index is 12.6. The predicted octanol–water partition coefficient (Wildman–Crippen LogP) is 4.70. The molecule has 26 heavy (non-hydrogen) atoms. The van der Waals surface area contributed by atoms with Gasteiger partial charge in [-0.15, -0.1) is 0 Å². The van der Waals surface area contributed by atoms with Crippen molar-refractivity contribution in [2.75, 3.05) is 23.3 Å². The van der Waals surface area contributed by atoms with Crippen LogP contribution in [-0.2, 0) is 4.79 Å². The van der Waals surface area contributed by atoms with Crippen molar-refractivity contribution < 1.29 is 9.53 Å². The molecule has 0 saturated carbocycles. The minimum Gasteiger partial charge on any atom is -0.481 e. The summed E-state index contributed by atoms with van der Waals surface area (Å²) in [7, 11) is 0. The van der Waals surface area contributed by atoms with Crippen LogP contribution in [-0.4, -0.2) is 25.1 Å². The highest BCUT2D eigenvalue weighted by Crippen LogP contribution is 2.23. The number of carbonyl (C=O) groups is 1. The Labute approximate surface area is 156 Å². The SMILES string of the molecule is CC[C@H](Oc1cc(C)cc(C)c1)C(=O)Nc1ccc(N2CCCC2)cc1. The van der Waals surface area contributed by atoms with Gasteiger partial charge in [-0.3, -0.25) is 4.79 Å². The minimum atomic E-state index is -0.505. The number of nitrogens with one attached hydrogen (secondary N) is 1. The zero-order valence-corrected chi connectivity index (χ0v) is 15.9. The number of aryl methyl sites for hydroxylation is 2. The van der Waals surface area contributed by atoms with Crippen molar-refractivity contribution in [3.63, 3.8) is 0 Å². The lowest BCUT2D eigenvalue weighted by molar-refractivity contribution is -0.122. The first kappa shape index (κ1) is 18.3. The number of amides is 1. The van der Waals surface area contributed by atoms with E-state index in [1.807, 2.05) is 45.0 Å². The summed E-state index contributed by atoms with van der Waals surface area (Å²) >= 11 is 0. The molecule has 1 atom stereocenters. The summed E-state index contributed by atoms with van der Waals surface area (Å²) in [5.41, 5.74) is 4.29. The predicted molar refractivity (Wildman–Crippen MR) is 107 cm³/mol. The molecule has 1 fully saturated rings. The maximum Gasteiger partial charge on any atom is 0.265 e. The van der Waals surface area contributed by atoms with Gasteiger partial charge < -0.3 is 15.0 Å². The van der Waals surface area contributed by atoms with E-state index >= 15 is 0 Å². The molecular formula is C22H28N2O2. The lowest BCUT2D eigenvalue weighted by Gasteiger charge is -2.19.